The zero-order chi connectivity index (χ0) is 19.0. The number of hydrogen-bond acceptors (Lipinski definition) is 5. The van der Waals surface area contributed by atoms with Gasteiger partial charge in [-0.1, -0.05) is 19.3 Å². The lowest BCUT2D eigenvalue weighted by atomic mass is 9.83. The molecule has 2 rings (SSSR count). The molecule has 0 radical (unpaired) electrons. The molecule has 1 aliphatic carbocycles. The topological polar surface area (TPSA) is 73.9 Å². The van der Waals surface area contributed by atoms with Crippen molar-refractivity contribution in [1.82, 2.24) is 0 Å². The molecule has 0 heterocycles. The van der Waals surface area contributed by atoms with Crippen LogP contribution in [0.5, 0.6) is 5.75 Å². The Morgan fingerprint density at radius 1 is 1.04 bits per heavy atom. The van der Waals surface area contributed by atoms with Crippen molar-refractivity contribution in [2.24, 2.45) is 0 Å². The fourth-order valence-corrected chi connectivity index (χ4v) is 3.34. The molecule has 6 heteroatoms. The van der Waals surface area contributed by atoms with E-state index in [2.05, 4.69) is 5.32 Å². The van der Waals surface area contributed by atoms with E-state index in [1.165, 1.54) is 0 Å². The molecule has 6 nitrogen and oxygen atoms in total. The van der Waals surface area contributed by atoms with Crippen molar-refractivity contribution in [3.63, 3.8) is 0 Å². The minimum Gasteiger partial charge on any atom is -0.493 e. The zero-order valence-corrected chi connectivity index (χ0v) is 15.9. The minimum atomic E-state index is -0.782. The van der Waals surface area contributed by atoms with Crippen molar-refractivity contribution in [2.75, 3.05) is 25.1 Å². The Hall–Kier alpha value is -2.08. The largest absolute Gasteiger partial charge is 0.493 e. The van der Waals surface area contributed by atoms with Gasteiger partial charge in [-0.05, 0) is 51.8 Å². The summed E-state index contributed by atoms with van der Waals surface area (Å²) >= 11 is 0. The molecular weight excluding hydrogens is 334 g/mol. The summed E-state index contributed by atoms with van der Waals surface area (Å²) in [5.41, 5.74) is 0.0575. The first-order chi connectivity index (χ1) is 12.6. The highest BCUT2D eigenvalue weighted by Gasteiger charge is 2.40. The molecule has 1 N–H and O–H groups in total. The summed E-state index contributed by atoms with van der Waals surface area (Å²) in [6.45, 7) is 6.70. The van der Waals surface area contributed by atoms with Crippen LogP contribution in [0.3, 0.4) is 0 Å². The second-order valence-corrected chi connectivity index (χ2v) is 6.31. The fourth-order valence-electron chi connectivity index (χ4n) is 3.34. The molecule has 0 atom stereocenters. The lowest BCUT2D eigenvalue weighted by Gasteiger charge is -2.35. The molecule has 1 aromatic carbocycles. The molecule has 0 aliphatic heterocycles. The summed E-state index contributed by atoms with van der Waals surface area (Å²) in [6.07, 6.45) is 4.51. The summed E-state index contributed by atoms with van der Waals surface area (Å²) in [4.78, 5) is 25.1. The van der Waals surface area contributed by atoms with Crippen LogP contribution in [0.25, 0.3) is 0 Å². The van der Waals surface area contributed by atoms with E-state index in [1.807, 2.05) is 13.8 Å². The van der Waals surface area contributed by atoms with Gasteiger partial charge in [0, 0.05) is 12.3 Å². The molecule has 1 aliphatic rings. The van der Waals surface area contributed by atoms with Gasteiger partial charge in [0.15, 0.2) is 0 Å². The normalized spacial score (nSPS) is 16.0. The van der Waals surface area contributed by atoms with Gasteiger partial charge in [0.05, 0.1) is 13.2 Å². The Labute approximate surface area is 155 Å². The first-order valence-electron chi connectivity index (χ1n) is 9.45. The van der Waals surface area contributed by atoms with Gasteiger partial charge in [0.25, 0.3) is 5.91 Å². The SMILES string of the molecule is CCOC(=O)c1cc(NC(=O)C2(OCC)CCCCC2)ccc1OCC. The Morgan fingerprint density at radius 3 is 2.38 bits per heavy atom. The number of esters is 1. The van der Waals surface area contributed by atoms with Gasteiger partial charge in [-0.3, -0.25) is 4.79 Å². The van der Waals surface area contributed by atoms with Gasteiger partial charge in [0.2, 0.25) is 0 Å². The Morgan fingerprint density at radius 2 is 1.77 bits per heavy atom. The molecule has 0 unspecified atom stereocenters. The van der Waals surface area contributed by atoms with Crippen molar-refractivity contribution in [3.05, 3.63) is 23.8 Å². The van der Waals surface area contributed by atoms with Crippen LogP contribution >= 0.6 is 0 Å². The van der Waals surface area contributed by atoms with Gasteiger partial charge in [-0.25, -0.2) is 4.79 Å². The maximum absolute atomic E-state index is 12.9. The summed E-state index contributed by atoms with van der Waals surface area (Å²) in [6, 6.07) is 5.01. The highest BCUT2D eigenvalue weighted by Crippen LogP contribution is 2.33. The minimum absolute atomic E-state index is 0.155. The average molecular weight is 363 g/mol. The molecule has 1 fully saturated rings. The maximum atomic E-state index is 12.9. The van der Waals surface area contributed by atoms with Gasteiger partial charge in [-0.15, -0.1) is 0 Å². The molecule has 1 saturated carbocycles. The van der Waals surface area contributed by atoms with E-state index in [0.29, 0.717) is 43.1 Å². The smallest absolute Gasteiger partial charge is 0.341 e. The van der Waals surface area contributed by atoms with Crippen LogP contribution in [0, 0.1) is 0 Å². The number of amides is 1. The molecule has 144 valence electrons. The number of hydrogen-bond donors (Lipinski definition) is 1. The number of nitrogens with one attached hydrogen (secondary N) is 1. The molecular formula is C20H29NO5. The third kappa shape index (κ3) is 4.75. The molecule has 1 amide bonds. The van der Waals surface area contributed by atoms with Crippen LogP contribution < -0.4 is 10.1 Å². The highest BCUT2D eigenvalue weighted by atomic mass is 16.5. The molecule has 26 heavy (non-hydrogen) atoms. The van der Waals surface area contributed by atoms with Crippen molar-refractivity contribution in [2.45, 2.75) is 58.5 Å². The number of rotatable bonds is 8. The van der Waals surface area contributed by atoms with Crippen LogP contribution in [0.4, 0.5) is 5.69 Å². The van der Waals surface area contributed by atoms with Crippen LogP contribution in [0.1, 0.15) is 63.2 Å². The molecule has 0 saturated heterocycles. The van der Waals surface area contributed by atoms with E-state index in [9.17, 15) is 9.59 Å². The quantitative estimate of drug-likeness (QED) is 0.708. The second kappa shape index (κ2) is 9.57. The van der Waals surface area contributed by atoms with E-state index in [1.54, 1.807) is 25.1 Å². The predicted molar refractivity (Wildman–Crippen MR) is 99.6 cm³/mol. The zero-order valence-electron chi connectivity index (χ0n) is 15.9. The number of benzene rings is 1. The average Bonchev–Trinajstić information content (AvgIpc) is 2.64. The van der Waals surface area contributed by atoms with Crippen molar-refractivity contribution in [1.29, 1.82) is 0 Å². The third-order valence-electron chi connectivity index (χ3n) is 4.53. The molecule has 0 bridgehead atoms. The van der Waals surface area contributed by atoms with Gasteiger partial charge in [-0.2, -0.15) is 0 Å². The van der Waals surface area contributed by atoms with Crippen LogP contribution in [-0.2, 0) is 14.3 Å². The first kappa shape index (κ1) is 20.2. The number of carbonyl (C=O) groups excluding carboxylic acids is 2. The van der Waals surface area contributed by atoms with E-state index < -0.39 is 11.6 Å². The van der Waals surface area contributed by atoms with E-state index in [-0.39, 0.29) is 12.5 Å². The number of ether oxygens (including phenoxy) is 3. The summed E-state index contributed by atoms with van der Waals surface area (Å²) in [5, 5.41) is 2.92. The third-order valence-corrected chi connectivity index (χ3v) is 4.53. The van der Waals surface area contributed by atoms with Crippen molar-refractivity contribution >= 4 is 17.6 Å². The summed E-state index contributed by atoms with van der Waals surface area (Å²) < 4.78 is 16.4. The van der Waals surface area contributed by atoms with E-state index in [4.69, 9.17) is 14.2 Å². The number of anilines is 1. The molecule has 1 aromatic rings. The van der Waals surface area contributed by atoms with Crippen molar-refractivity contribution < 1.29 is 23.8 Å². The van der Waals surface area contributed by atoms with Gasteiger partial charge >= 0.3 is 5.97 Å². The second-order valence-electron chi connectivity index (χ2n) is 6.31. The first-order valence-corrected chi connectivity index (χ1v) is 9.45. The molecule has 0 spiro atoms. The highest BCUT2D eigenvalue weighted by molar-refractivity contribution is 5.99. The molecule has 0 aromatic heterocycles. The fraction of sp³-hybridized carbons (Fsp3) is 0.600. The van der Waals surface area contributed by atoms with Gasteiger partial charge < -0.3 is 19.5 Å². The number of carbonyl (C=O) groups is 2. The maximum Gasteiger partial charge on any atom is 0.341 e. The van der Waals surface area contributed by atoms with Crippen LogP contribution in [0.2, 0.25) is 0 Å². The van der Waals surface area contributed by atoms with E-state index in [0.717, 1.165) is 19.3 Å². The Balaban J connectivity index is 2.23. The lowest BCUT2D eigenvalue weighted by Crippen LogP contribution is -2.47. The summed E-state index contributed by atoms with van der Waals surface area (Å²) in [5.74, 6) is -0.177. The van der Waals surface area contributed by atoms with Crippen molar-refractivity contribution in [3.8, 4) is 5.75 Å². The van der Waals surface area contributed by atoms with Crippen LogP contribution in [0.15, 0.2) is 18.2 Å². The Bertz CT molecular complexity index is 617. The van der Waals surface area contributed by atoms with Crippen LogP contribution in [-0.4, -0.2) is 37.3 Å². The lowest BCUT2D eigenvalue weighted by molar-refractivity contribution is -0.145. The standard InChI is InChI=1S/C20H29NO5/c1-4-24-17-11-10-15(14-16(17)18(22)25-5-2)21-19(23)20(26-6-3)12-8-7-9-13-20/h10-11,14H,4-9,12-13H2,1-3H3,(H,21,23). The summed E-state index contributed by atoms with van der Waals surface area (Å²) in [7, 11) is 0. The van der Waals surface area contributed by atoms with Gasteiger partial charge in [0.1, 0.15) is 16.9 Å². The van der Waals surface area contributed by atoms with E-state index >= 15 is 0 Å². The monoisotopic (exact) mass is 363 g/mol. The Kier molecular flexibility index (Phi) is 7.45. The predicted octanol–water partition coefficient (Wildman–Crippen LogP) is 3.94.